The molecule has 0 saturated heterocycles. The molecule has 1 N–H and O–H groups in total. The first-order valence-corrected chi connectivity index (χ1v) is 7.99. The van der Waals surface area contributed by atoms with Gasteiger partial charge in [-0.05, 0) is 37.4 Å². The van der Waals surface area contributed by atoms with Crippen LogP contribution in [0.3, 0.4) is 0 Å². The second kappa shape index (κ2) is 9.39. The van der Waals surface area contributed by atoms with E-state index in [0.29, 0.717) is 6.04 Å². The van der Waals surface area contributed by atoms with E-state index in [0.717, 1.165) is 17.4 Å². The summed E-state index contributed by atoms with van der Waals surface area (Å²) in [4.78, 5) is 0. The second-order valence-corrected chi connectivity index (χ2v) is 5.84. The third kappa shape index (κ3) is 5.97. The molecule has 0 radical (unpaired) electrons. The molecule has 0 saturated carbocycles. The Hall–Kier alpha value is -0.530. The molecule has 0 aliphatic carbocycles. The third-order valence-corrected chi connectivity index (χ3v) is 4.36. The van der Waals surface area contributed by atoms with Gasteiger partial charge in [0.05, 0.1) is 0 Å². The minimum atomic E-state index is 0.529. The van der Waals surface area contributed by atoms with Gasteiger partial charge in [0, 0.05) is 11.1 Å². The van der Waals surface area contributed by atoms with Crippen LogP contribution < -0.4 is 5.32 Å². The maximum absolute atomic E-state index is 6.25. The molecule has 1 aromatic rings. The smallest absolute Gasteiger partial charge is 0.0438 e. The van der Waals surface area contributed by atoms with Crippen molar-refractivity contribution in [3.05, 3.63) is 34.9 Å². The van der Waals surface area contributed by atoms with Gasteiger partial charge in [0.15, 0.2) is 0 Å². The van der Waals surface area contributed by atoms with Crippen LogP contribution in [0, 0.1) is 5.92 Å². The fourth-order valence-corrected chi connectivity index (χ4v) is 2.83. The molecule has 0 aromatic heterocycles. The van der Waals surface area contributed by atoms with Crippen molar-refractivity contribution in [1.82, 2.24) is 5.32 Å². The summed E-state index contributed by atoms with van der Waals surface area (Å²) >= 11 is 6.25. The van der Waals surface area contributed by atoms with Crippen molar-refractivity contribution >= 4 is 11.6 Å². The number of nitrogens with one attached hydrogen (secondary N) is 1. The third-order valence-electron chi connectivity index (χ3n) is 3.99. The zero-order valence-electron chi connectivity index (χ0n) is 12.6. The molecule has 0 fully saturated rings. The molecule has 0 amide bonds. The summed E-state index contributed by atoms with van der Waals surface area (Å²) in [5.41, 5.74) is 1.26. The fraction of sp³-hybridized carbons (Fsp3) is 0.647. The van der Waals surface area contributed by atoms with Crippen molar-refractivity contribution in [3.8, 4) is 0 Å². The lowest BCUT2D eigenvalue weighted by Gasteiger charge is -2.23. The predicted octanol–water partition coefficient (Wildman–Crippen LogP) is 5.08. The first kappa shape index (κ1) is 16.5. The van der Waals surface area contributed by atoms with E-state index in [-0.39, 0.29) is 0 Å². The molecular weight excluding hydrogens is 254 g/mol. The van der Waals surface area contributed by atoms with Gasteiger partial charge < -0.3 is 5.32 Å². The second-order valence-electron chi connectivity index (χ2n) is 5.43. The van der Waals surface area contributed by atoms with E-state index in [1.165, 1.54) is 37.7 Å². The zero-order valence-corrected chi connectivity index (χ0v) is 13.3. The predicted molar refractivity (Wildman–Crippen MR) is 85.9 cm³/mol. The minimum Gasteiger partial charge on any atom is -0.317 e. The van der Waals surface area contributed by atoms with Gasteiger partial charge in [0.1, 0.15) is 0 Å². The van der Waals surface area contributed by atoms with Crippen LogP contribution in [-0.2, 0) is 6.42 Å². The lowest BCUT2D eigenvalue weighted by atomic mass is 9.89. The van der Waals surface area contributed by atoms with E-state index < -0.39 is 0 Å². The molecule has 19 heavy (non-hydrogen) atoms. The number of likely N-dealkylation sites (N-methyl/N-ethyl adjacent to an activating group) is 1. The molecule has 0 spiro atoms. The quantitative estimate of drug-likeness (QED) is 0.666. The Morgan fingerprint density at radius 1 is 1.21 bits per heavy atom. The zero-order chi connectivity index (χ0) is 14.1. The number of halogens is 1. The van der Waals surface area contributed by atoms with Gasteiger partial charge in [-0.2, -0.15) is 0 Å². The van der Waals surface area contributed by atoms with E-state index >= 15 is 0 Å². The van der Waals surface area contributed by atoms with Crippen molar-refractivity contribution in [3.63, 3.8) is 0 Å². The largest absolute Gasteiger partial charge is 0.317 e. The van der Waals surface area contributed by atoms with E-state index in [1.807, 2.05) is 12.1 Å². The van der Waals surface area contributed by atoms with Crippen LogP contribution in [-0.4, -0.2) is 13.1 Å². The highest BCUT2D eigenvalue weighted by Gasteiger charge is 2.15. The number of benzene rings is 1. The summed E-state index contributed by atoms with van der Waals surface area (Å²) in [6.07, 6.45) is 7.55. The fourth-order valence-electron chi connectivity index (χ4n) is 2.62. The van der Waals surface area contributed by atoms with Crippen molar-refractivity contribution < 1.29 is 0 Å². The molecule has 0 bridgehead atoms. The number of rotatable bonds is 9. The van der Waals surface area contributed by atoms with E-state index in [2.05, 4.69) is 38.3 Å². The lowest BCUT2D eigenvalue weighted by Crippen LogP contribution is -2.30. The Kier molecular flexibility index (Phi) is 8.16. The van der Waals surface area contributed by atoms with E-state index in [9.17, 15) is 0 Å². The van der Waals surface area contributed by atoms with Gasteiger partial charge in [0.2, 0.25) is 0 Å². The molecule has 108 valence electrons. The molecule has 0 aliphatic heterocycles. The van der Waals surface area contributed by atoms with Gasteiger partial charge in [-0.3, -0.25) is 0 Å². The highest BCUT2D eigenvalue weighted by atomic mass is 35.5. The monoisotopic (exact) mass is 281 g/mol. The van der Waals surface area contributed by atoms with Gasteiger partial charge in [-0.1, -0.05) is 69.3 Å². The van der Waals surface area contributed by atoms with Crippen molar-refractivity contribution in [1.29, 1.82) is 0 Å². The number of hydrogen-bond acceptors (Lipinski definition) is 1. The average molecular weight is 282 g/mol. The van der Waals surface area contributed by atoms with E-state index in [1.54, 1.807) is 0 Å². The summed E-state index contributed by atoms with van der Waals surface area (Å²) < 4.78 is 0. The van der Waals surface area contributed by atoms with Crippen molar-refractivity contribution in [2.24, 2.45) is 5.92 Å². The Morgan fingerprint density at radius 3 is 2.53 bits per heavy atom. The highest BCUT2D eigenvalue weighted by Crippen LogP contribution is 2.22. The molecule has 1 rings (SSSR count). The maximum Gasteiger partial charge on any atom is 0.0438 e. The van der Waals surface area contributed by atoms with Crippen LogP contribution in [0.15, 0.2) is 24.3 Å². The molecule has 0 heterocycles. The summed E-state index contributed by atoms with van der Waals surface area (Å²) in [5, 5.41) is 4.35. The number of hydrogen-bond donors (Lipinski definition) is 1. The van der Waals surface area contributed by atoms with Crippen LogP contribution in [0.1, 0.15) is 51.5 Å². The SMILES string of the molecule is CCCCC(CC)CC(Cc1ccccc1Cl)NC. The molecule has 2 heteroatoms. The summed E-state index contributed by atoms with van der Waals surface area (Å²) in [5.74, 6) is 0.833. The van der Waals surface area contributed by atoms with Crippen LogP contribution in [0.5, 0.6) is 0 Å². The molecule has 2 atom stereocenters. The van der Waals surface area contributed by atoms with Crippen molar-refractivity contribution in [2.75, 3.05) is 7.05 Å². The van der Waals surface area contributed by atoms with Crippen LogP contribution in [0.2, 0.25) is 5.02 Å². The van der Waals surface area contributed by atoms with Gasteiger partial charge in [0.25, 0.3) is 0 Å². The lowest BCUT2D eigenvalue weighted by molar-refractivity contribution is 0.358. The molecule has 2 unspecified atom stereocenters. The average Bonchev–Trinajstić information content (AvgIpc) is 2.44. The molecule has 1 aromatic carbocycles. The minimum absolute atomic E-state index is 0.529. The van der Waals surface area contributed by atoms with Crippen LogP contribution in [0.4, 0.5) is 0 Å². The topological polar surface area (TPSA) is 12.0 Å². The summed E-state index contributed by atoms with van der Waals surface area (Å²) in [6.45, 7) is 4.58. The van der Waals surface area contributed by atoms with Crippen molar-refractivity contribution in [2.45, 2.75) is 58.4 Å². The van der Waals surface area contributed by atoms with Gasteiger partial charge >= 0.3 is 0 Å². The first-order valence-electron chi connectivity index (χ1n) is 7.61. The first-order chi connectivity index (χ1) is 9.21. The Balaban J connectivity index is 2.55. The Bertz CT molecular complexity index is 351. The summed E-state index contributed by atoms with van der Waals surface area (Å²) in [6, 6.07) is 8.72. The van der Waals surface area contributed by atoms with Crippen LogP contribution in [0.25, 0.3) is 0 Å². The Labute approximate surface area is 123 Å². The van der Waals surface area contributed by atoms with E-state index in [4.69, 9.17) is 11.6 Å². The Morgan fingerprint density at radius 2 is 1.95 bits per heavy atom. The van der Waals surface area contributed by atoms with Gasteiger partial charge in [-0.15, -0.1) is 0 Å². The normalized spacial score (nSPS) is 14.3. The molecule has 1 nitrogen and oxygen atoms in total. The standard InChI is InChI=1S/C17H28ClN/c1-4-6-9-14(5-2)12-16(19-3)13-15-10-7-8-11-17(15)18/h7-8,10-11,14,16,19H,4-6,9,12-13H2,1-3H3. The maximum atomic E-state index is 6.25. The molecule has 0 aliphatic rings. The summed E-state index contributed by atoms with van der Waals surface area (Å²) in [7, 11) is 2.06. The van der Waals surface area contributed by atoms with Crippen LogP contribution >= 0.6 is 11.6 Å². The highest BCUT2D eigenvalue weighted by molar-refractivity contribution is 6.31. The number of unbranched alkanes of at least 4 members (excludes halogenated alkanes) is 1. The molecular formula is C17H28ClN. The van der Waals surface area contributed by atoms with Gasteiger partial charge in [-0.25, -0.2) is 0 Å².